The van der Waals surface area contributed by atoms with Crippen molar-refractivity contribution < 1.29 is 23.8 Å². The molecule has 3 rings (SSSR count). The minimum absolute atomic E-state index is 0.0174. The zero-order valence-corrected chi connectivity index (χ0v) is 16.0. The Morgan fingerprint density at radius 3 is 2.82 bits per heavy atom. The van der Waals surface area contributed by atoms with Crippen LogP contribution in [0.3, 0.4) is 0 Å². The van der Waals surface area contributed by atoms with E-state index in [9.17, 15) is 9.59 Å². The first-order valence-electron chi connectivity index (χ1n) is 8.85. The highest BCUT2D eigenvalue weighted by molar-refractivity contribution is 6.03. The van der Waals surface area contributed by atoms with Crippen LogP contribution in [0.4, 0.5) is 11.4 Å². The minimum Gasteiger partial charge on any atom is -0.493 e. The number of likely N-dealkylation sites (N-methyl/N-ethyl adjacent to an activating group) is 1. The Hall–Kier alpha value is -3.48. The van der Waals surface area contributed by atoms with Gasteiger partial charge in [0.25, 0.3) is 5.91 Å². The van der Waals surface area contributed by atoms with Gasteiger partial charge in [0.15, 0.2) is 18.1 Å². The van der Waals surface area contributed by atoms with Crippen molar-refractivity contribution in [2.24, 2.45) is 0 Å². The van der Waals surface area contributed by atoms with Crippen molar-refractivity contribution in [1.29, 1.82) is 0 Å². The quantitative estimate of drug-likeness (QED) is 0.777. The molecule has 2 amide bonds. The number of hydrogen-bond donors (Lipinski definition) is 1. The first-order chi connectivity index (χ1) is 13.5. The SMILES string of the molecule is CCOc1ccc(/C=C/C(=O)Nc2ccc3c(c2)N(C)C(=O)CO3)cc1OC. The first-order valence-corrected chi connectivity index (χ1v) is 8.85. The molecule has 0 unspecified atom stereocenters. The van der Waals surface area contributed by atoms with Crippen LogP contribution in [-0.2, 0) is 9.59 Å². The molecular weight excluding hydrogens is 360 g/mol. The number of benzene rings is 2. The van der Waals surface area contributed by atoms with Crippen molar-refractivity contribution >= 4 is 29.3 Å². The lowest BCUT2D eigenvalue weighted by molar-refractivity contribution is -0.121. The third-order valence-corrected chi connectivity index (χ3v) is 4.23. The Morgan fingerprint density at radius 2 is 2.07 bits per heavy atom. The smallest absolute Gasteiger partial charge is 0.264 e. The van der Waals surface area contributed by atoms with E-state index in [1.54, 1.807) is 50.6 Å². The summed E-state index contributed by atoms with van der Waals surface area (Å²) in [6.45, 7) is 2.46. The van der Waals surface area contributed by atoms with Gasteiger partial charge >= 0.3 is 0 Å². The van der Waals surface area contributed by atoms with E-state index >= 15 is 0 Å². The fourth-order valence-corrected chi connectivity index (χ4v) is 2.77. The van der Waals surface area contributed by atoms with E-state index in [1.807, 2.05) is 13.0 Å². The van der Waals surface area contributed by atoms with Gasteiger partial charge in [0.2, 0.25) is 5.91 Å². The number of hydrogen-bond acceptors (Lipinski definition) is 5. The molecule has 0 spiro atoms. The van der Waals surface area contributed by atoms with Gasteiger partial charge in [0, 0.05) is 18.8 Å². The standard InChI is InChI=1S/C21H22N2O5/c1-4-27-18-8-5-14(11-19(18)26-3)6-10-20(24)22-15-7-9-17-16(12-15)23(2)21(25)13-28-17/h5-12H,4,13H2,1-3H3,(H,22,24)/b10-6+. The number of nitrogens with one attached hydrogen (secondary N) is 1. The van der Waals surface area contributed by atoms with Crippen molar-refractivity contribution in [3.63, 3.8) is 0 Å². The van der Waals surface area contributed by atoms with E-state index in [0.717, 1.165) is 5.56 Å². The van der Waals surface area contributed by atoms with Crippen LogP contribution in [0.1, 0.15) is 12.5 Å². The first kappa shape index (κ1) is 19.3. The lowest BCUT2D eigenvalue weighted by atomic mass is 10.2. The summed E-state index contributed by atoms with van der Waals surface area (Å²) in [4.78, 5) is 25.5. The molecule has 0 bridgehead atoms. The fourth-order valence-electron chi connectivity index (χ4n) is 2.77. The van der Waals surface area contributed by atoms with Gasteiger partial charge in [0.05, 0.1) is 19.4 Å². The maximum absolute atomic E-state index is 12.3. The third-order valence-electron chi connectivity index (χ3n) is 4.23. The number of nitrogens with zero attached hydrogens (tertiary/aromatic N) is 1. The molecular formula is C21H22N2O5. The van der Waals surface area contributed by atoms with Gasteiger partial charge in [-0.3, -0.25) is 9.59 Å². The summed E-state index contributed by atoms with van der Waals surface area (Å²) in [5, 5.41) is 2.78. The van der Waals surface area contributed by atoms with Crippen LogP contribution in [0.25, 0.3) is 6.08 Å². The summed E-state index contributed by atoms with van der Waals surface area (Å²) in [5.74, 6) is 1.43. The molecule has 0 fully saturated rings. The second-order valence-corrected chi connectivity index (χ2v) is 6.09. The van der Waals surface area contributed by atoms with Crippen LogP contribution in [0, 0.1) is 0 Å². The van der Waals surface area contributed by atoms with Crippen LogP contribution < -0.4 is 24.4 Å². The Balaban J connectivity index is 1.70. The van der Waals surface area contributed by atoms with Crippen molar-refractivity contribution in [1.82, 2.24) is 0 Å². The summed E-state index contributed by atoms with van der Waals surface area (Å²) >= 11 is 0. The van der Waals surface area contributed by atoms with Crippen LogP contribution in [-0.4, -0.2) is 39.2 Å². The molecule has 2 aromatic carbocycles. The molecule has 0 aromatic heterocycles. The number of carbonyl (C=O) groups is 2. The molecule has 1 N–H and O–H groups in total. The summed E-state index contributed by atoms with van der Waals surface area (Å²) < 4.78 is 16.2. The number of methoxy groups -OCH3 is 1. The largest absolute Gasteiger partial charge is 0.493 e. The van der Waals surface area contributed by atoms with Crippen LogP contribution in [0.5, 0.6) is 17.2 Å². The van der Waals surface area contributed by atoms with Crippen LogP contribution >= 0.6 is 0 Å². The van der Waals surface area contributed by atoms with Crippen molar-refractivity contribution in [2.45, 2.75) is 6.92 Å². The number of amides is 2. The second kappa shape index (κ2) is 8.47. The van der Waals surface area contributed by atoms with E-state index in [0.29, 0.717) is 35.2 Å². The zero-order valence-electron chi connectivity index (χ0n) is 16.0. The predicted octanol–water partition coefficient (Wildman–Crippen LogP) is 3.10. The molecule has 146 valence electrons. The van der Waals surface area contributed by atoms with Crippen molar-refractivity contribution in [3.05, 3.63) is 48.0 Å². The van der Waals surface area contributed by atoms with E-state index < -0.39 is 0 Å². The lowest BCUT2D eigenvalue weighted by Gasteiger charge is -2.26. The van der Waals surface area contributed by atoms with Gasteiger partial charge in [-0.05, 0) is 48.9 Å². The molecule has 7 heteroatoms. The molecule has 0 radical (unpaired) electrons. The molecule has 28 heavy (non-hydrogen) atoms. The highest BCUT2D eigenvalue weighted by Gasteiger charge is 2.22. The zero-order chi connectivity index (χ0) is 20.1. The monoisotopic (exact) mass is 382 g/mol. The molecule has 1 aliphatic heterocycles. The normalized spacial score (nSPS) is 13.1. The summed E-state index contributed by atoms with van der Waals surface area (Å²) in [6.07, 6.45) is 3.12. The number of fused-ring (bicyclic) bond motifs is 1. The maximum Gasteiger partial charge on any atom is 0.264 e. The second-order valence-electron chi connectivity index (χ2n) is 6.09. The van der Waals surface area contributed by atoms with Gasteiger partial charge in [0.1, 0.15) is 5.75 Å². The molecule has 0 atom stereocenters. The Kier molecular flexibility index (Phi) is 5.84. The highest BCUT2D eigenvalue weighted by atomic mass is 16.5. The molecule has 1 heterocycles. The number of ether oxygens (including phenoxy) is 3. The summed E-state index contributed by atoms with van der Waals surface area (Å²) in [5.41, 5.74) is 2.00. The molecule has 0 saturated carbocycles. The van der Waals surface area contributed by atoms with E-state index in [4.69, 9.17) is 14.2 Å². The summed E-state index contributed by atoms with van der Waals surface area (Å²) in [6, 6.07) is 10.6. The predicted molar refractivity (Wildman–Crippen MR) is 107 cm³/mol. The van der Waals surface area contributed by atoms with E-state index in [1.165, 1.54) is 11.0 Å². The van der Waals surface area contributed by atoms with Crippen LogP contribution in [0.15, 0.2) is 42.5 Å². The Morgan fingerprint density at radius 1 is 1.25 bits per heavy atom. The van der Waals surface area contributed by atoms with Gasteiger partial charge in [-0.1, -0.05) is 6.07 Å². The average molecular weight is 382 g/mol. The molecule has 2 aromatic rings. The van der Waals surface area contributed by atoms with Crippen molar-refractivity contribution in [2.75, 3.05) is 37.6 Å². The fraction of sp³-hybridized carbons (Fsp3) is 0.238. The molecule has 0 saturated heterocycles. The minimum atomic E-state index is -0.293. The number of rotatable bonds is 6. The topological polar surface area (TPSA) is 77.1 Å². The maximum atomic E-state index is 12.3. The highest BCUT2D eigenvalue weighted by Crippen LogP contribution is 2.33. The number of carbonyl (C=O) groups excluding carboxylic acids is 2. The molecule has 1 aliphatic rings. The molecule has 7 nitrogen and oxygen atoms in total. The van der Waals surface area contributed by atoms with E-state index in [2.05, 4.69) is 5.32 Å². The third kappa shape index (κ3) is 4.25. The summed E-state index contributed by atoms with van der Waals surface area (Å²) in [7, 11) is 3.24. The van der Waals surface area contributed by atoms with Gasteiger partial charge < -0.3 is 24.4 Å². The van der Waals surface area contributed by atoms with Crippen molar-refractivity contribution in [3.8, 4) is 17.2 Å². The Labute approximate surface area is 163 Å². The van der Waals surface area contributed by atoms with Gasteiger partial charge in [-0.25, -0.2) is 0 Å². The van der Waals surface area contributed by atoms with Gasteiger partial charge in [-0.2, -0.15) is 0 Å². The lowest BCUT2D eigenvalue weighted by Crippen LogP contribution is -2.35. The van der Waals surface area contributed by atoms with Gasteiger partial charge in [-0.15, -0.1) is 0 Å². The average Bonchev–Trinajstić information content (AvgIpc) is 2.70. The Bertz CT molecular complexity index is 923. The van der Waals surface area contributed by atoms with Crippen LogP contribution in [0.2, 0.25) is 0 Å². The number of anilines is 2. The molecule has 0 aliphatic carbocycles. The van der Waals surface area contributed by atoms with E-state index in [-0.39, 0.29) is 18.4 Å².